The molecule has 0 aliphatic heterocycles. The summed E-state index contributed by atoms with van der Waals surface area (Å²) in [7, 11) is 0. The average Bonchev–Trinajstić information content (AvgIpc) is 2.57. The van der Waals surface area contributed by atoms with Gasteiger partial charge in [-0.05, 0) is 62.7 Å². The van der Waals surface area contributed by atoms with Crippen LogP contribution in [0.2, 0.25) is 5.02 Å². The molecule has 0 spiro atoms. The molecule has 0 bridgehead atoms. The SMILES string of the molecule is CC(C)OC(=O)C(C)Oc1ccc(C(=O)Cc2ccc(Cl)cc2)cc1. The summed E-state index contributed by atoms with van der Waals surface area (Å²) in [6, 6.07) is 13.9. The first-order chi connectivity index (χ1) is 11.8. The summed E-state index contributed by atoms with van der Waals surface area (Å²) in [6.45, 7) is 5.20. The van der Waals surface area contributed by atoms with Crippen molar-refractivity contribution in [2.75, 3.05) is 0 Å². The van der Waals surface area contributed by atoms with Gasteiger partial charge in [-0.15, -0.1) is 0 Å². The summed E-state index contributed by atoms with van der Waals surface area (Å²) >= 11 is 5.84. The van der Waals surface area contributed by atoms with Crippen molar-refractivity contribution in [2.24, 2.45) is 0 Å². The van der Waals surface area contributed by atoms with Gasteiger partial charge in [0, 0.05) is 17.0 Å². The number of Topliss-reactive ketones (excluding diaryl/α,β-unsaturated/α-hetero) is 1. The number of hydrogen-bond donors (Lipinski definition) is 0. The zero-order chi connectivity index (χ0) is 18.4. The largest absolute Gasteiger partial charge is 0.479 e. The highest BCUT2D eigenvalue weighted by Crippen LogP contribution is 2.17. The number of benzene rings is 2. The predicted octanol–water partition coefficient (Wildman–Crippen LogP) is 4.48. The van der Waals surface area contributed by atoms with E-state index >= 15 is 0 Å². The Labute approximate surface area is 152 Å². The molecule has 2 aromatic carbocycles. The van der Waals surface area contributed by atoms with E-state index in [0.29, 0.717) is 22.8 Å². The number of ketones is 1. The molecular weight excluding hydrogens is 340 g/mol. The molecule has 2 aromatic rings. The molecule has 4 nitrogen and oxygen atoms in total. The van der Waals surface area contributed by atoms with Gasteiger partial charge in [0.2, 0.25) is 0 Å². The van der Waals surface area contributed by atoms with E-state index in [1.54, 1.807) is 57.2 Å². The minimum Gasteiger partial charge on any atom is -0.479 e. The Kier molecular flexibility index (Phi) is 6.59. The van der Waals surface area contributed by atoms with E-state index in [1.165, 1.54) is 0 Å². The van der Waals surface area contributed by atoms with Gasteiger partial charge in [0.25, 0.3) is 0 Å². The molecule has 0 N–H and O–H groups in total. The lowest BCUT2D eigenvalue weighted by atomic mass is 10.0. The van der Waals surface area contributed by atoms with E-state index in [4.69, 9.17) is 21.1 Å². The number of carbonyl (C=O) groups excluding carboxylic acids is 2. The molecule has 25 heavy (non-hydrogen) atoms. The molecule has 0 aliphatic rings. The Bertz CT molecular complexity index is 720. The lowest BCUT2D eigenvalue weighted by Gasteiger charge is -2.15. The number of halogens is 1. The van der Waals surface area contributed by atoms with Crippen LogP contribution in [0.5, 0.6) is 5.75 Å². The molecule has 1 unspecified atom stereocenters. The minimum atomic E-state index is -0.710. The number of hydrogen-bond acceptors (Lipinski definition) is 4. The smallest absolute Gasteiger partial charge is 0.347 e. The van der Waals surface area contributed by atoms with Gasteiger partial charge in [-0.1, -0.05) is 23.7 Å². The Morgan fingerprint density at radius 2 is 1.56 bits per heavy atom. The third kappa shape index (κ3) is 5.91. The standard InChI is InChI=1S/C20H21ClO4/c1-13(2)24-20(23)14(3)25-18-10-6-16(7-11-18)19(22)12-15-4-8-17(21)9-5-15/h4-11,13-14H,12H2,1-3H3. The second-order valence-corrected chi connectivity index (χ2v) is 6.43. The molecule has 0 radical (unpaired) electrons. The molecule has 0 heterocycles. The van der Waals surface area contributed by atoms with Crippen LogP contribution in [0.3, 0.4) is 0 Å². The monoisotopic (exact) mass is 360 g/mol. The van der Waals surface area contributed by atoms with E-state index in [9.17, 15) is 9.59 Å². The summed E-state index contributed by atoms with van der Waals surface area (Å²) in [4.78, 5) is 24.1. The van der Waals surface area contributed by atoms with Crippen molar-refractivity contribution in [3.63, 3.8) is 0 Å². The Balaban J connectivity index is 1.95. The quantitative estimate of drug-likeness (QED) is 0.539. The average molecular weight is 361 g/mol. The first-order valence-corrected chi connectivity index (χ1v) is 8.48. The molecule has 0 amide bonds. The van der Waals surface area contributed by atoms with Crippen LogP contribution < -0.4 is 4.74 Å². The van der Waals surface area contributed by atoms with Crippen molar-refractivity contribution in [1.29, 1.82) is 0 Å². The fraction of sp³-hybridized carbons (Fsp3) is 0.300. The maximum Gasteiger partial charge on any atom is 0.347 e. The van der Waals surface area contributed by atoms with E-state index in [2.05, 4.69) is 0 Å². The van der Waals surface area contributed by atoms with E-state index in [0.717, 1.165) is 5.56 Å². The lowest BCUT2D eigenvalue weighted by molar-refractivity contribution is -0.154. The van der Waals surface area contributed by atoms with Gasteiger partial charge >= 0.3 is 5.97 Å². The van der Waals surface area contributed by atoms with Gasteiger partial charge in [-0.2, -0.15) is 0 Å². The fourth-order valence-electron chi connectivity index (χ4n) is 2.19. The summed E-state index contributed by atoms with van der Waals surface area (Å²) in [5, 5.41) is 0.641. The van der Waals surface area contributed by atoms with Crippen LogP contribution in [0.25, 0.3) is 0 Å². The summed E-state index contributed by atoms with van der Waals surface area (Å²) < 4.78 is 10.6. The van der Waals surface area contributed by atoms with Crippen molar-refractivity contribution >= 4 is 23.4 Å². The minimum absolute atomic E-state index is 0.00105. The van der Waals surface area contributed by atoms with Crippen LogP contribution in [0.4, 0.5) is 0 Å². The maximum atomic E-state index is 12.3. The van der Waals surface area contributed by atoms with Gasteiger partial charge < -0.3 is 9.47 Å². The van der Waals surface area contributed by atoms with Crippen LogP contribution in [-0.2, 0) is 16.0 Å². The third-order valence-electron chi connectivity index (χ3n) is 3.45. The normalized spacial score (nSPS) is 11.9. The molecule has 1 atom stereocenters. The molecule has 0 saturated carbocycles. The van der Waals surface area contributed by atoms with Gasteiger partial charge in [0.05, 0.1) is 6.10 Å². The van der Waals surface area contributed by atoms with Crippen molar-refractivity contribution in [3.05, 3.63) is 64.7 Å². The highest BCUT2D eigenvalue weighted by atomic mass is 35.5. The van der Waals surface area contributed by atoms with Gasteiger partial charge in [0.1, 0.15) is 5.75 Å². The highest BCUT2D eigenvalue weighted by Gasteiger charge is 2.17. The number of esters is 1. The van der Waals surface area contributed by atoms with E-state index in [1.807, 2.05) is 12.1 Å². The van der Waals surface area contributed by atoms with Crippen molar-refractivity contribution < 1.29 is 19.1 Å². The van der Waals surface area contributed by atoms with Crippen molar-refractivity contribution in [1.82, 2.24) is 0 Å². The number of rotatable bonds is 7. The Morgan fingerprint density at radius 1 is 0.960 bits per heavy atom. The fourth-order valence-corrected chi connectivity index (χ4v) is 2.32. The second-order valence-electron chi connectivity index (χ2n) is 6.00. The van der Waals surface area contributed by atoms with Crippen molar-refractivity contribution in [3.8, 4) is 5.75 Å². The molecule has 2 rings (SSSR count). The summed E-state index contributed by atoms with van der Waals surface area (Å²) in [6.07, 6.45) is -0.599. The van der Waals surface area contributed by atoms with Crippen LogP contribution >= 0.6 is 11.6 Å². The third-order valence-corrected chi connectivity index (χ3v) is 3.70. The molecule has 0 fully saturated rings. The van der Waals surface area contributed by atoms with Gasteiger partial charge in [-0.3, -0.25) is 4.79 Å². The summed E-state index contributed by atoms with van der Waals surface area (Å²) in [5.41, 5.74) is 1.49. The second kappa shape index (κ2) is 8.67. The molecule has 0 aliphatic carbocycles. The first-order valence-electron chi connectivity index (χ1n) is 8.10. The van der Waals surface area contributed by atoms with E-state index < -0.39 is 12.1 Å². The number of carbonyl (C=O) groups is 2. The van der Waals surface area contributed by atoms with Crippen LogP contribution in [0.15, 0.2) is 48.5 Å². The van der Waals surface area contributed by atoms with Crippen LogP contribution in [0, 0.1) is 0 Å². The van der Waals surface area contributed by atoms with Crippen LogP contribution in [0.1, 0.15) is 36.7 Å². The molecular formula is C20H21ClO4. The molecule has 0 aromatic heterocycles. The molecule has 132 valence electrons. The number of ether oxygens (including phenoxy) is 2. The molecule has 5 heteroatoms. The zero-order valence-electron chi connectivity index (χ0n) is 14.5. The van der Waals surface area contributed by atoms with E-state index in [-0.39, 0.29) is 11.9 Å². The Hall–Kier alpha value is -2.33. The lowest BCUT2D eigenvalue weighted by Crippen LogP contribution is -2.28. The topological polar surface area (TPSA) is 52.6 Å². The highest BCUT2D eigenvalue weighted by molar-refractivity contribution is 6.30. The van der Waals surface area contributed by atoms with Crippen molar-refractivity contribution in [2.45, 2.75) is 39.4 Å². The van der Waals surface area contributed by atoms with Gasteiger partial charge in [-0.25, -0.2) is 4.79 Å². The molecule has 0 saturated heterocycles. The zero-order valence-corrected chi connectivity index (χ0v) is 15.2. The maximum absolute atomic E-state index is 12.3. The Morgan fingerprint density at radius 3 is 2.12 bits per heavy atom. The van der Waals surface area contributed by atoms with Gasteiger partial charge in [0.15, 0.2) is 11.9 Å². The van der Waals surface area contributed by atoms with Crippen LogP contribution in [-0.4, -0.2) is 24.0 Å². The predicted molar refractivity (Wildman–Crippen MR) is 97.2 cm³/mol. The summed E-state index contributed by atoms with van der Waals surface area (Å²) in [5.74, 6) is 0.0929. The first kappa shape index (κ1) is 19.0.